The average Bonchev–Trinajstić information content (AvgIpc) is 1.96. The number of alkyl halides is 3. The molecule has 0 bridgehead atoms. The zero-order valence-corrected chi connectivity index (χ0v) is 8.88. The Morgan fingerprint density at radius 3 is 2.00 bits per heavy atom. The Kier molecular flexibility index (Phi) is 5.14. The molecule has 0 aromatic rings. The summed E-state index contributed by atoms with van der Waals surface area (Å²) in [4.78, 5) is 0. The Bertz CT molecular complexity index is 147. The van der Waals surface area contributed by atoms with Crippen LogP contribution in [-0.4, -0.2) is 22.7 Å². The zero-order chi connectivity index (χ0) is 10.6. The van der Waals surface area contributed by atoms with Crippen LogP contribution in [0, 0.1) is 0 Å². The van der Waals surface area contributed by atoms with Gasteiger partial charge in [0.05, 0.1) is 0 Å². The number of rotatable bonds is 4. The molecule has 0 saturated heterocycles. The maximum Gasteiger partial charge on any atom is 0.402 e. The molecule has 3 unspecified atom stereocenters. The SMILES string of the molecule is CCC(C)SC(C(C)N)C(F)(F)F. The third-order valence-corrected chi connectivity index (χ3v) is 3.54. The molecule has 0 aliphatic carbocycles. The van der Waals surface area contributed by atoms with Gasteiger partial charge in [0, 0.05) is 11.3 Å². The van der Waals surface area contributed by atoms with E-state index in [-0.39, 0.29) is 5.25 Å². The summed E-state index contributed by atoms with van der Waals surface area (Å²) in [6, 6.07) is -0.848. The van der Waals surface area contributed by atoms with Crippen molar-refractivity contribution < 1.29 is 13.2 Å². The first kappa shape index (κ1) is 13.1. The molecular formula is C8H16F3NS. The monoisotopic (exact) mass is 215 g/mol. The molecule has 0 spiro atoms. The van der Waals surface area contributed by atoms with Gasteiger partial charge in [0.15, 0.2) is 0 Å². The van der Waals surface area contributed by atoms with E-state index in [9.17, 15) is 13.2 Å². The highest BCUT2D eigenvalue weighted by Crippen LogP contribution is 2.35. The lowest BCUT2D eigenvalue weighted by Crippen LogP contribution is -2.41. The van der Waals surface area contributed by atoms with Crippen LogP contribution in [0.5, 0.6) is 0 Å². The van der Waals surface area contributed by atoms with Gasteiger partial charge in [0.1, 0.15) is 5.25 Å². The summed E-state index contributed by atoms with van der Waals surface area (Å²) in [5.41, 5.74) is 5.28. The summed E-state index contributed by atoms with van der Waals surface area (Å²) in [6.45, 7) is 5.05. The molecule has 0 radical (unpaired) electrons. The van der Waals surface area contributed by atoms with Gasteiger partial charge in [-0.05, 0) is 13.3 Å². The Labute approximate surface area is 81.3 Å². The van der Waals surface area contributed by atoms with Crippen molar-refractivity contribution in [2.45, 2.75) is 49.9 Å². The fourth-order valence-electron chi connectivity index (χ4n) is 0.846. The lowest BCUT2D eigenvalue weighted by Gasteiger charge is -2.25. The lowest BCUT2D eigenvalue weighted by molar-refractivity contribution is -0.131. The van der Waals surface area contributed by atoms with E-state index in [0.29, 0.717) is 0 Å². The molecule has 2 N–H and O–H groups in total. The van der Waals surface area contributed by atoms with Gasteiger partial charge >= 0.3 is 6.18 Å². The van der Waals surface area contributed by atoms with E-state index in [1.165, 1.54) is 6.92 Å². The Hall–Kier alpha value is 0.100. The molecule has 0 saturated carbocycles. The van der Waals surface area contributed by atoms with E-state index >= 15 is 0 Å². The molecule has 0 rings (SSSR count). The molecule has 0 aromatic heterocycles. The minimum absolute atomic E-state index is 0.00220. The highest BCUT2D eigenvalue weighted by Gasteiger charge is 2.42. The predicted octanol–water partition coefficient (Wildman–Crippen LogP) is 2.80. The minimum atomic E-state index is -4.19. The molecule has 5 heteroatoms. The van der Waals surface area contributed by atoms with Gasteiger partial charge in [0.25, 0.3) is 0 Å². The second-order valence-corrected chi connectivity index (χ2v) is 4.76. The van der Waals surface area contributed by atoms with Crippen molar-refractivity contribution in [3.05, 3.63) is 0 Å². The Morgan fingerprint density at radius 1 is 1.31 bits per heavy atom. The highest BCUT2D eigenvalue weighted by atomic mass is 32.2. The van der Waals surface area contributed by atoms with E-state index in [2.05, 4.69) is 0 Å². The summed E-state index contributed by atoms with van der Waals surface area (Å²) in [7, 11) is 0. The summed E-state index contributed by atoms with van der Waals surface area (Å²) < 4.78 is 37.1. The topological polar surface area (TPSA) is 26.0 Å². The lowest BCUT2D eigenvalue weighted by atomic mass is 10.2. The van der Waals surface area contributed by atoms with E-state index in [0.717, 1.165) is 18.2 Å². The third kappa shape index (κ3) is 4.76. The van der Waals surface area contributed by atoms with Crippen LogP contribution in [0.4, 0.5) is 13.2 Å². The average molecular weight is 215 g/mol. The molecule has 80 valence electrons. The number of thioether (sulfide) groups is 1. The first-order valence-electron chi connectivity index (χ1n) is 4.26. The van der Waals surface area contributed by atoms with Crippen molar-refractivity contribution in [3.63, 3.8) is 0 Å². The summed E-state index contributed by atoms with van der Waals surface area (Å²) in [6.07, 6.45) is -3.47. The van der Waals surface area contributed by atoms with E-state index in [1.54, 1.807) is 6.92 Å². The first-order valence-corrected chi connectivity index (χ1v) is 5.21. The van der Waals surface area contributed by atoms with Gasteiger partial charge in [-0.3, -0.25) is 0 Å². The largest absolute Gasteiger partial charge is 0.402 e. The van der Waals surface area contributed by atoms with Crippen molar-refractivity contribution in [1.82, 2.24) is 0 Å². The third-order valence-electron chi connectivity index (χ3n) is 1.75. The standard InChI is InChI=1S/C8H16F3NS/c1-4-5(2)13-7(6(3)12)8(9,10)11/h5-7H,4,12H2,1-3H3. The van der Waals surface area contributed by atoms with Crippen molar-refractivity contribution >= 4 is 11.8 Å². The molecule has 0 fully saturated rings. The molecule has 0 heterocycles. The van der Waals surface area contributed by atoms with Crippen LogP contribution in [0.3, 0.4) is 0 Å². The molecule has 0 aliphatic heterocycles. The van der Waals surface area contributed by atoms with Crippen molar-refractivity contribution in [2.75, 3.05) is 0 Å². The van der Waals surface area contributed by atoms with Gasteiger partial charge in [0.2, 0.25) is 0 Å². The van der Waals surface area contributed by atoms with Crippen molar-refractivity contribution in [2.24, 2.45) is 5.73 Å². The van der Waals surface area contributed by atoms with Crippen molar-refractivity contribution in [1.29, 1.82) is 0 Å². The fraction of sp³-hybridized carbons (Fsp3) is 1.00. The molecule has 13 heavy (non-hydrogen) atoms. The smallest absolute Gasteiger partial charge is 0.327 e. The second kappa shape index (κ2) is 5.10. The van der Waals surface area contributed by atoms with E-state index in [1.807, 2.05) is 6.92 Å². The second-order valence-electron chi connectivity index (χ2n) is 3.18. The maximum atomic E-state index is 12.4. The predicted molar refractivity (Wildman–Crippen MR) is 50.8 cm³/mol. The van der Waals surface area contributed by atoms with Crippen LogP contribution < -0.4 is 5.73 Å². The molecule has 3 atom stereocenters. The molecule has 0 aromatic carbocycles. The van der Waals surface area contributed by atoms with E-state index in [4.69, 9.17) is 5.73 Å². The number of halogens is 3. The normalized spacial score (nSPS) is 19.6. The first-order chi connectivity index (χ1) is 5.79. The number of nitrogens with two attached hydrogens (primary N) is 1. The zero-order valence-electron chi connectivity index (χ0n) is 8.06. The van der Waals surface area contributed by atoms with Crippen LogP contribution in [0.15, 0.2) is 0 Å². The Morgan fingerprint density at radius 2 is 1.77 bits per heavy atom. The minimum Gasteiger partial charge on any atom is -0.327 e. The Balaban J connectivity index is 4.28. The maximum absolute atomic E-state index is 12.4. The van der Waals surface area contributed by atoms with Crippen molar-refractivity contribution in [3.8, 4) is 0 Å². The number of hydrogen-bond acceptors (Lipinski definition) is 2. The highest BCUT2D eigenvalue weighted by molar-refractivity contribution is 8.00. The van der Waals surface area contributed by atoms with Crippen LogP contribution in [-0.2, 0) is 0 Å². The quantitative estimate of drug-likeness (QED) is 0.780. The molecule has 0 aliphatic rings. The summed E-state index contributed by atoms with van der Waals surface area (Å²) in [5, 5.41) is -1.44. The van der Waals surface area contributed by atoms with Gasteiger partial charge in [-0.1, -0.05) is 13.8 Å². The van der Waals surface area contributed by atoms with Crippen LogP contribution in [0.1, 0.15) is 27.2 Å². The molecule has 0 amide bonds. The van der Waals surface area contributed by atoms with Gasteiger partial charge in [-0.25, -0.2) is 0 Å². The van der Waals surface area contributed by atoms with Gasteiger partial charge < -0.3 is 5.73 Å². The van der Waals surface area contributed by atoms with Gasteiger partial charge in [-0.2, -0.15) is 13.2 Å². The molecular weight excluding hydrogens is 199 g/mol. The molecule has 1 nitrogen and oxygen atoms in total. The van der Waals surface area contributed by atoms with Crippen LogP contribution in [0.25, 0.3) is 0 Å². The summed E-state index contributed by atoms with van der Waals surface area (Å²) >= 11 is 0.910. The van der Waals surface area contributed by atoms with E-state index < -0.39 is 17.5 Å². The summed E-state index contributed by atoms with van der Waals surface area (Å²) in [5.74, 6) is 0. The van der Waals surface area contributed by atoms with Crippen LogP contribution >= 0.6 is 11.8 Å². The van der Waals surface area contributed by atoms with Gasteiger partial charge in [-0.15, -0.1) is 11.8 Å². The fourth-order valence-corrected chi connectivity index (χ4v) is 1.94. The number of hydrogen-bond donors (Lipinski definition) is 1. The van der Waals surface area contributed by atoms with Crippen LogP contribution in [0.2, 0.25) is 0 Å².